The molecule has 1 aliphatic rings. The molecule has 0 bridgehead atoms. The van der Waals surface area contributed by atoms with Crippen molar-refractivity contribution in [2.75, 3.05) is 6.54 Å². The first-order valence-corrected chi connectivity index (χ1v) is 13.0. The summed E-state index contributed by atoms with van der Waals surface area (Å²) in [4.78, 5) is 24.2. The number of rotatable bonds is 9. The number of benzene rings is 2. The van der Waals surface area contributed by atoms with E-state index in [2.05, 4.69) is 26.0 Å². The minimum Gasteiger partial charge on any atom is -0.460 e. The second kappa shape index (κ2) is 12.3. The van der Waals surface area contributed by atoms with Crippen LogP contribution in [0, 0.1) is 0 Å². The quantitative estimate of drug-likeness (QED) is 0.193. The maximum absolute atomic E-state index is 13.2. The minimum atomic E-state index is -4.83. The Morgan fingerprint density at radius 2 is 1.66 bits per heavy atom. The molecule has 2 unspecified atom stereocenters. The molecule has 0 fully saturated rings. The van der Waals surface area contributed by atoms with Crippen LogP contribution in [0.4, 0.5) is 13.2 Å². The average Bonchev–Trinajstić information content (AvgIpc) is 2.82. The molecule has 0 saturated carbocycles. The molecule has 1 aliphatic carbocycles. The first-order chi connectivity index (χ1) is 17.7. The third-order valence-corrected chi connectivity index (χ3v) is 6.65. The third kappa shape index (κ3) is 9.13. The van der Waals surface area contributed by atoms with E-state index in [9.17, 15) is 22.8 Å². The Morgan fingerprint density at radius 3 is 2.26 bits per heavy atom. The van der Waals surface area contributed by atoms with Crippen LogP contribution in [0.3, 0.4) is 0 Å². The molecule has 2 aromatic rings. The van der Waals surface area contributed by atoms with Gasteiger partial charge in [0.2, 0.25) is 0 Å². The van der Waals surface area contributed by atoms with Gasteiger partial charge in [-0.1, -0.05) is 54.6 Å². The summed E-state index contributed by atoms with van der Waals surface area (Å²) in [5, 5.41) is 2.69. The van der Waals surface area contributed by atoms with Crippen molar-refractivity contribution in [1.82, 2.24) is 5.32 Å². The first-order valence-electron chi connectivity index (χ1n) is 12.2. The Kier molecular flexibility index (Phi) is 9.59. The Hall–Kier alpha value is -2.91. The van der Waals surface area contributed by atoms with Crippen LogP contribution < -0.4 is 5.32 Å². The van der Waals surface area contributed by atoms with Crippen LogP contribution in [0.15, 0.2) is 78.4 Å². The summed E-state index contributed by atoms with van der Waals surface area (Å²) in [6.45, 7) is 5.46. The largest absolute Gasteiger partial charge is 0.524 e. The number of ether oxygens (including phenoxy) is 2. The lowest BCUT2D eigenvalue weighted by Crippen LogP contribution is -2.34. The van der Waals surface area contributed by atoms with Gasteiger partial charge in [-0.2, -0.15) is 0 Å². The van der Waals surface area contributed by atoms with Gasteiger partial charge >= 0.3 is 12.3 Å². The zero-order valence-electron chi connectivity index (χ0n) is 21.5. The third-order valence-electron chi connectivity index (χ3n) is 5.72. The molecule has 0 aromatic heterocycles. The highest BCUT2D eigenvalue weighted by Crippen LogP contribution is 2.44. The summed E-state index contributed by atoms with van der Waals surface area (Å²) in [6.07, 6.45) is 0.858. The molecular weight excluding hydrogens is 563 g/mol. The topological polar surface area (TPSA) is 64.6 Å². The Balaban J connectivity index is 1.63. The number of nitrogens with one attached hydrogen (secondary N) is 1. The van der Waals surface area contributed by atoms with Gasteiger partial charge in [-0.3, -0.25) is 14.3 Å². The number of allylic oxidation sites excluding steroid dienone is 2. The SMILES string of the molecule is CC(C)(C)OC(=O)CCNC(=O)c1ccc(CCC2=CC(c3ccccc3)C=CC2(Br)OC(F)(F)F)cc1. The standard InChI is InChI=1S/C29H31BrF3NO4/c1-27(2,3)37-25(35)16-18-34-26(36)22-12-9-20(10-13-22)11-14-24-19-23(21-7-5-4-6-8-21)15-17-28(24,30)38-29(31,32)33/h4-10,12-13,15,17,19,23H,11,14,16,18H2,1-3H3,(H,34,36). The van der Waals surface area contributed by atoms with E-state index >= 15 is 0 Å². The molecule has 2 aromatic carbocycles. The van der Waals surface area contributed by atoms with Crippen LogP contribution in [-0.4, -0.2) is 34.9 Å². The number of amides is 1. The van der Waals surface area contributed by atoms with Crippen LogP contribution in [0.25, 0.3) is 0 Å². The highest BCUT2D eigenvalue weighted by atomic mass is 79.9. The van der Waals surface area contributed by atoms with Gasteiger partial charge < -0.3 is 10.1 Å². The normalized spacial score (nSPS) is 19.6. The number of esters is 1. The van der Waals surface area contributed by atoms with E-state index in [4.69, 9.17) is 4.74 Å². The van der Waals surface area contributed by atoms with E-state index in [0.29, 0.717) is 24.0 Å². The molecule has 3 rings (SSSR count). The predicted molar refractivity (Wildman–Crippen MR) is 143 cm³/mol. The van der Waals surface area contributed by atoms with Crippen molar-refractivity contribution in [2.24, 2.45) is 0 Å². The van der Waals surface area contributed by atoms with Crippen molar-refractivity contribution < 1.29 is 32.2 Å². The molecule has 9 heteroatoms. The molecule has 1 amide bonds. The molecule has 0 radical (unpaired) electrons. The van der Waals surface area contributed by atoms with Gasteiger partial charge in [0, 0.05) is 18.0 Å². The van der Waals surface area contributed by atoms with Crippen LogP contribution in [0.5, 0.6) is 0 Å². The van der Waals surface area contributed by atoms with Crippen LogP contribution in [0.2, 0.25) is 0 Å². The molecule has 0 aliphatic heterocycles. The lowest BCUT2D eigenvalue weighted by atomic mass is 9.87. The lowest BCUT2D eigenvalue weighted by molar-refractivity contribution is -0.337. The van der Waals surface area contributed by atoms with Crippen LogP contribution in [0.1, 0.15) is 61.0 Å². The second-order valence-electron chi connectivity index (χ2n) is 9.97. The second-order valence-corrected chi connectivity index (χ2v) is 11.1. The van der Waals surface area contributed by atoms with Gasteiger partial charge in [0.05, 0.1) is 6.42 Å². The molecule has 0 spiro atoms. The summed E-state index contributed by atoms with van der Waals surface area (Å²) >= 11 is 3.17. The lowest BCUT2D eigenvalue weighted by Gasteiger charge is -2.33. The van der Waals surface area contributed by atoms with Crippen LogP contribution in [-0.2, 0) is 20.7 Å². The molecule has 5 nitrogen and oxygen atoms in total. The average molecular weight is 594 g/mol. The van der Waals surface area contributed by atoms with Crippen molar-refractivity contribution in [3.8, 4) is 0 Å². The van der Waals surface area contributed by atoms with E-state index in [1.54, 1.807) is 57.2 Å². The van der Waals surface area contributed by atoms with Crippen molar-refractivity contribution in [3.63, 3.8) is 0 Å². The van der Waals surface area contributed by atoms with Gasteiger partial charge in [0.25, 0.3) is 5.91 Å². The van der Waals surface area contributed by atoms with Crippen molar-refractivity contribution in [2.45, 2.75) is 62.4 Å². The highest BCUT2D eigenvalue weighted by molar-refractivity contribution is 9.10. The van der Waals surface area contributed by atoms with E-state index in [1.165, 1.54) is 6.08 Å². The Labute approximate surface area is 229 Å². The molecule has 204 valence electrons. The van der Waals surface area contributed by atoms with Crippen LogP contribution >= 0.6 is 15.9 Å². The molecule has 0 saturated heterocycles. The maximum Gasteiger partial charge on any atom is 0.524 e. The zero-order valence-corrected chi connectivity index (χ0v) is 23.1. The van der Waals surface area contributed by atoms with Gasteiger partial charge in [-0.15, -0.1) is 13.2 Å². The zero-order chi connectivity index (χ0) is 28.0. The smallest absolute Gasteiger partial charge is 0.460 e. The molecule has 2 atom stereocenters. The first kappa shape index (κ1) is 29.6. The number of hydrogen-bond donors (Lipinski definition) is 1. The van der Waals surface area contributed by atoms with Crippen molar-refractivity contribution >= 4 is 27.8 Å². The number of carbonyl (C=O) groups excluding carboxylic acids is 2. The summed E-state index contributed by atoms with van der Waals surface area (Å²) in [5.74, 6) is -0.906. The minimum absolute atomic E-state index is 0.0585. The van der Waals surface area contributed by atoms with E-state index in [1.807, 2.05) is 30.3 Å². The van der Waals surface area contributed by atoms with E-state index in [0.717, 1.165) is 11.1 Å². The predicted octanol–water partition coefficient (Wildman–Crippen LogP) is 6.99. The number of alkyl halides is 4. The summed E-state index contributed by atoms with van der Waals surface area (Å²) in [7, 11) is 0. The van der Waals surface area contributed by atoms with Gasteiger partial charge in [0.1, 0.15) is 5.60 Å². The summed E-state index contributed by atoms with van der Waals surface area (Å²) < 4.78 is 47.5. The maximum atomic E-state index is 13.2. The molecular formula is C29H31BrF3NO4. The summed E-state index contributed by atoms with van der Waals surface area (Å²) in [6, 6.07) is 16.3. The number of hydrogen-bond acceptors (Lipinski definition) is 4. The molecule has 38 heavy (non-hydrogen) atoms. The molecule has 1 N–H and O–H groups in total. The van der Waals surface area contributed by atoms with Crippen molar-refractivity contribution in [1.29, 1.82) is 0 Å². The number of aryl methyl sites for hydroxylation is 1. The van der Waals surface area contributed by atoms with Crippen molar-refractivity contribution in [3.05, 3.63) is 95.1 Å². The Morgan fingerprint density at radius 1 is 1.00 bits per heavy atom. The number of halogens is 4. The molecule has 0 heterocycles. The number of carbonyl (C=O) groups is 2. The van der Waals surface area contributed by atoms with Gasteiger partial charge in [-0.25, -0.2) is 0 Å². The van der Waals surface area contributed by atoms with Gasteiger partial charge in [0.15, 0.2) is 4.51 Å². The van der Waals surface area contributed by atoms with Gasteiger partial charge in [-0.05, 0) is 84.5 Å². The monoisotopic (exact) mass is 593 g/mol. The fourth-order valence-electron chi connectivity index (χ4n) is 4.00. The fraction of sp³-hybridized carbons (Fsp3) is 0.379. The summed E-state index contributed by atoms with van der Waals surface area (Å²) in [5.41, 5.74) is 2.09. The fourth-order valence-corrected chi connectivity index (χ4v) is 4.67. The highest BCUT2D eigenvalue weighted by Gasteiger charge is 2.44. The Bertz CT molecular complexity index is 1170. The van der Waals surface area contributed by atoms with E-state index < -0.39 is 22.4 Å². The van der Waals surface area contributed by atoms with E-state index in [-0.39, 0.29) is 24.8 Å².